The summed E-state index contributed by atoms with van der Waals surface area (Å²) >= 11 is 0. The summed E-state index contributed by atoms with van der Waals surface area (Å²) in [5.74, 6) is 2.82. The SMILES string of the molecule is CCCCCCCC[C](CCCCCCCC)CCCCCCCCCCCCCCCC(C)C. The molecule has 0 amide bonds. The molecule has 0 saturated carbocycles. The molecule has 0 aliphatic carbocycles. The van der Waals surface area contributed by atoms with E-state index in [0.29, 0.717) is 0 Å². The fraction of sp³-hybridized carbons (Fsp3) is 0.971. The minimum Gasteiger partial charge on any atom is -0.0654 e. The molecule has 0 rings (SSSR count). The zero-order chi connectivity index (χ0) is 25.7. The molecule has 0 bridgehead atoms. The predicted molar refractivity (Wildman–Crippen MR) is 163 cm³/mol. The van der Waals surface area contributed by atoms with Gasteiger partial charge in [0, 0.05) is 0 Å². The highest BCUT2D eigenvalue weighted by Crippen LogP contribution is 2.26. The second kappa shape index (κ2) is 30.2. The number of rotatable bonds is 30. The molecule has 0 atom stereocenters. The fourth-order valence-electron chi connectivity index (χ4n) is 5.56. The van der Waals surface area contributed by atoms with Crippen molar-refractivity contribution >= 4 is 0 Å². The lowest BCUT2D eigenvalue weighted by Gasteiger charge is -2.16. The normalized spacial score (nSPS) is 11.8. The molecule has 0 saturated heterocycles. The predicted octanol–water partition coefficient (Wildman–Crippen LogP) is 13.6. The standard InChI is InChI=1S/C35H71/c1-5-7-9-11-23-27-31-35(32-28-24-12-10-8-6-2)33-29-25-21-19-17-15-13-14-16-18-20-22-26-30-34(3)4/h34H,5-33H2,1-4H3. The van der Waals surface area contributed by atoms with Crippen LogP contribution in [-0.4, -0.2) is 0 Å². The van der Waals surface area contributed by atoms with Crippen molar-refractivity contribution in [2.75, 3.05) is 0 Å². The Bertz CT molecular complexity index is 341. The van der Waals surface area contributed by atoms with E-state index in [0.717, 1.165) is 5.92 Å². The van der Waals surface area contributed by atoms with Gasteiger partial charge in [-0.2, -0.15) is 0 Å². The van der Waals surface area contributed by atoms with Crippen LogP contribution in [0, 0.1) is 11.8 Å². The second-order valence-corrected chi connectivity index (χ2v) is 12.3. The highest BCUT2D eigenvalue weighted by Gasteiger charge is 2.09. The third-order valence-corrected chi connectivity index (χ3v) is 8.08. The van der Waals surface area contributed by atoms with Gasteiger partial charge in [0.15, 0.2) is 0 Å². The molecule has 0 aromatic rings. The van der Waals surface area contributed by atoms with Crippen molar-refractivity contribution in [1.82, 2.24) is 0 Å². The van der Waals surface area contributed by atoms with Crippen LogP contribution >= 0.6 is 0 Å². The topological polar surface area (TPSA) is 0 Å². The van der Waals surface area contributed by atoms with Crippen LogP contribution in [-0.2, 0) is 0 Å². The Morgan fingerprint density at radius 1 is 0.343 bits per heavy atom. The quantitative estimate of drug-likeness (QED) is 0.0876. The average Bonchev–Trinajstić information content (AvgIpc) is 2.85. The molecule has 0 fully saturated rings. The number of hydrogen-bond donors (Lipinski definition) is 0. The highest BCUT2D eigenvalue weighted by atomic mass is 14.1. The Kier molecular flexibility index (Phi) is 30.2. The van der Waals surface area contributed by atoms with Crippen LogP contribution < -0.4 is 0 Å². The zero-order valence-electron chi connectivity index (χ0n) is 25.6. The largest absolute Gasteiger partial charge is 0.0654 e. The van der Waals surface area contributed by atoms with Crippen LogP contribution in [0.2, 0.25) is 0 Å². The van der Waals surface area contributed by atoms with Crippen LogP contribution in [0.1, 0.15) is 214 Å². The van der Waals surface area contributed by atoms with Gasteiger partial charge in [-0.15, -0.1) is 0 Å². The van der Waals surface area contributed by atoms with Gasteiger partial charge in [0.05, 0.1) is 0 Å². The summed E-state index contributed by atoms with van der Waals surface area (Å²) in [6.45, 7) is 9.35. The summed E-state index contributed by atoms with van der Waals surface area (Å²) in [6.07, 6.45) is 42.3. The molecule has 0 heterocycles. The third-order valence-electron chi connectivity index (χ3n) is 8.08. The fourth-order valence-corrected chi connectivity index (χ4v) is 5.56. The van der Waals surface area contributed by atoms with E-state index in [1.165, 1.54) is 186 Å². The smallest absolute Gasteiger partial charge is 0.0241 e. The van der Waals surface area contributed by atoms with Crippen molar-refractivity contribution in [3.63, 3.8) is 0 Å². The molecule has 0 N–H and O–H groups in total. The Morgan fingerprint density at radius 3 is 0.886 bits per heavy atom. The first kappa shape index (κ1) is 35.0. The average molecular weight is 492 g/mol. The lowest BCUT2D eigenvalue weighted by atomic mass is 9.89. The maximum absolute atomic E-state index is 2.35. The van der Waals surface area contributed by atoms with Gasteiger partial charge in [-0.3, -0.25) is 0 Å². The van der Waals surface area contributed by atoms with E-state index in [1.807, 2.05) is 5.92 Å². The summed E-state index contributed by atoms with van der Waals surface area (Å²) in [5, 5.41) is 0. The van der Waals surface area contributed by atoms with E-state index in [1.54, 1.807) is 0 Å². The molecule has 1 radical (unpaired) electrons. The van der Waals surface area contributed by atoms with Gasteiger partial charge in [0.1, 0.15) is 0 Å². The van der Waals surface area contributed by atoms with Crippen molar-refractivity contribution in [3.05, 3.63) is 5.92 Å². The van der Waals surface area contributed by atoms with Crippen molar-refractivity contribution in [2.24, 2.45) is 5.92 Å². The molecule has 0 heteroatoms. The van der Waals surface area contributed by atoms with Crippen molar-refractivity contribution in [1.29, 1.82) is 0 Å². The Labute approximate surface area is 225 Å². The first-order chi connectivity index (χ1) is 17.2. The van der Waals surface area contributed by atoms with Crippen LogP contribution in [0.3, 0.4) is 0 Å². The van der Waals surface area contributed by atoms with E-state index in [2.05, 4.69) is 27.7 Å². The van der Waals surface area contributed by atoms with Crippen molar-refractivity contribution < 1.29 is 0 Å². The third kappa shape index (κ3) is 30.1. The van der Waals surface area contributed by atoms with Gasteiger partial charge in [0.2, 0.25) is 0 Å². The van der Waals surface area contributed by atoms with Crippen molar-refractivity contribution in [2.45, 2.75) is 214 Å². The highest BCUT2D eigenvalue weighted by molar-refractivity contribution is 4.89. The van der Waals surface area contributed by atoms with Gasteiger partial charge >= 0.3 is 0 Å². The summed E-state index contributed by atoms with van der Waals surface area (Å²) in [4.78, 5) is 0. The monoisotopic (exact) mass is 492 g/mol. The van der Waals surface area contributed by atoms with E-state index >= 15 is 0 Å². The Hall–Kier alpha value is 0. The van der Waals surface area contributed by atoms with E-state index < -0.39 is 0 Å². The van der Waals surface area contributed by atoms with Crippen LogP contribution in [0.25, 0.3) is 0 Å². The summed E-state index contributed by atoms with van der Waals surface area (Å²) in [6, 6.07) is 0. The summed E-state index contributed by atoms with van der Waals surface area (Å²) in [5.41, 5.74) is 0. The first-order valence-corrected chi connectivity index (χ1v) is 17.0. The lowest BCUT2D eigenvalue weighted by molar-refractivity contribution is 0.498. The molecule has 211 valence electrons. The lowest BCUT2D eigenvalue weighted by Crippen LogP contribution is -1.99. The number of hydrogen-bond acceptors (Lipinski definition) is 0. The van der Waals surface area contributed by atoms with E-state index in [-0.39, 0.29) is 0 Å². The van der Waals surface area contributed by atoms with Crippen LogP contribution in [0.4, 0.5) is 0 Å². The van der Waals surface area contributed by atoms with E-state index in [9.17, 15) is 0 Å². The van der Waals surface area contributed by atoms with Gasteiger partial charge in [-0.1, -0.05) is 195 Å². The Balaban J connectivity index is 3.64. The molecule has 0 spiro atoms. The van der Waals surface area contributed by atoms with Crippen LogP contribution in [0.15, 0.2) is 0 Å². The summed E-state index contributed by atoms with van der Waals surface area (Å²) in [7, 11) is 0. The van der Waals surface area contributed by atoms with Gasteiger partial charge < -0.3 is 0 Å². The Morgan fingerprint density at radius 2 is 0.600 bits per heavy atom. The van der Waals surface area contributed by atoms with Gasteiger partial charge in [-0.25, -0.2) is 0 Å². The molecular formula is C35H71. The number of unbranched alkanes of at least 4 members (excludes halogenated alkanes) is 22. The molecule has 0 aliphatic heterocycles. The molecule has 0 aliphatic rings. The van der Waals surface area contributed by atoms with Crippen LogP contribution in [0.5, 0.6) is 0 Å². The molecule has 0 aromatic carbocycles. The molecule has 0 aromatic heterocycles. The maximum atomic E-state index is 2.35. The minimum absolute atomic E-state index is 0.894. The van der Waals surface area contributed by atoms with Gasteiger partial charge in [-0.05, 0) is 31.1 Å². The first-order valence-electron chi connectivity index (χ1n) is 17.0. The zero-order valence-corrected chi connectivity index (χ0v) is 25.6. The van der Waals surface area contributed by atoms with E-state index in [4.69, 9.17) is 0 Å². The summed E-state index contributed by atoms with van der Waals surface area (Å²) < 4.78 is 0. The molecule has 0 nitrogen and oxygen atoms in total. The molecule has 0 unspecified atom stereocenters. The molecular weight excluding hydrogens is 420 g/mol. The minimum atomic E-state index is 0.894. The maximum Gasteiger partial charge on any atom is -0.0241 e. The van der Waals surface area contributed by atoms with Gasteiger partial charge in [0.25, 0.3) is 0 Å². The molecule has 35 heavy (non-hydrogen) atoms. The second-order valence-electron chi connectivity index (χ2n) is 12.3. The van der Waals surface area contributed by atoms with Crippen molar-refractivity contribution in [3.8, 4) is 0 Å².